The number of imidazole rings is 1. The van der Waals surface area contributed by atoms with Crippen LogP contribution in [0.2, 0.25) is 0 Å². The summed E-state index contributed by atoms with van der Waals surface area (Å²) in [5, 5.41) is 21.0. The normalized spacial score (nSPS) is 29.4. The molecule has 0 unspecified atom stereocenters. The summed E-state index contributed by atoms with van der Waals surface area (Å²) in [6, 6.07) is 0. The number of phosphoric ester groups is 1. The second-order valence-corrected chi connectivity index (χ2v) is 7.14. The zero-order valence-electron chi connectivity index (χ0n) is 13.8. The smallest absolute Gasteiger partial charge is 0.469 e. The van der Waals surface area contributed by atoms with E-state index >= 15 is 0 Å². The third-order valence-electron chi connectivity index (χ3n) is 4.01. The summed E-state index contributed by atoms with van der Waals surface area (Å²) < 4.78 is 27.2. The maximum absolute atomic E-state index is 10.9. The summed E-state index contributed by atoms with van der Waals surface area (Å²) in [5.41, 5.74) is 4.24. The zero-order valence-corrected chi connectivity index (χ0v) is 14.6. The number of aromatic nitrogens is 4. The fraction of sp³-hybridized carbons (Fsp3) is 0.583. The summed E-state index contributed by atoms with van der Waals surface area (Å²) in [6.07, 6.45) is -2.61. The second-order valence-electron chi connectivity index (χ2n) is 5.90. The van der Waals surface area contributed by atoms with Crippen LogP contribution in [-0.4, -0.2) is 71.0 Å². The van der Waals surface area contributed by atoms with E-state index in [-0.39, 0.29) is 23.0 Å². The topological polar surface area (TPSA) is 195 Å². The van der Waals surface area contributed by atoms with Gasteiger partial charge in [-0.2, -0.15) is 9.97 Å². The third-order valence-corrected chi connectivity index (χ3v) is 4.50. The Morgan fingerprint density at radius 2 is 2.15 bits per heavy atom. The first-order valence-corrected chi connectivity index (χ1v) is 8.87. The van der Waals surface area contributed by atoms with Gasteiger partial charge in [0.05, 0.1) is 20.0 Å². The van der Waals surface area contributed by atoms with Gasteiger partial charge in [0.25, 0.3) is 0 Å². The van der Waals surface area contributed by atoms with Gasteiger partial charge < -0.3 is 35.2 Å². The van der Waals surface area contributed by atoms with Gasteiger partial charge in [-0.15, -0.1) is 0 Å². The highest BCUT2D eigenvalue weighted by molar-refractivity contribution is 7.46. The van der Waals surface area contributed by atoms with Crippen LogP contribution >= 0.6 is 7.82 Å². The summed E-state index contributed by atoms with van der Waals surface area (Å²) in [4.78, 5) is 29.7. The largest absolute Gasteiger partial charge is 0.479 e. The van der Waals surface area contributed by atoms with Crippen molar-refractivity contribution in [2.24, 2.45) is 0 Å². The molecule has 3 heterocycles. The Balaban J connectivity index is 1.97. The fourth-order valence-corrected chi connectivity index (χ4v) is 3.11. The predicted molar refractivity (Wildman–Crippen MR) is 84.8 cm³/mol. The van der Waals surface area contributed by atoms with Crippen molar-refractivity contribution in [1.82, 2.24) is 19.5 Å². The van der Waals surface area contributed by atoms with Gasteiger partial charge in [0.2, 0.25) is 11.8 Å². The second kappa shape index (κ2) is 6.39. The molecule has 0 spiro atoms. The maximum atomic E-state index is 10.9. The number of nitrogens with zero attached hydrogens (tertiary/aromatic N) is 4. The Bertz CT molecular complexity index is 867. The minimum absolute atomic E-state index is 0.101. The van der Waals surface area contributed by atoms with Gasteiger partial charge in [-0.25, -0.2) is 9.55 Å². The number of anilines is 1. The molecule has 13 nitrogen and oxygen atoms in total. The molecule has 0 aliphatic carbocycles. The van der Waals surface area contributed by atoms with Crippen molar-refractivity contribution >= 4 is 24.9 Å². The third kappa shape index (κ3) is 3.25. The molecule has 1 fully saturated rings. The van der Waals surface area contributed by atoms with Gasteiger partial charge in [-0.3, -0.25) is 9.09 Å². The number of hydrogen-bond donors (Lipinski definition) is 5. The molecule has 1 aliphatic heterocycles. The first-order valence-electron chi connectivity index (χ1n) is 7.34. The van der Waals surface area contributed by atoms with E-state index < -0.39 is 38.5 Å². The number of nitrogen functional groups attached to an aromatic ring is 1. The van der Waals surface area contributed by atoms with Crippen LogP contribution in [0.5, 0.6) is 5.88 Å². The molecule has 0 saturated carbocycles. The van der Waals surface area contributed by atoms with Gasteiger partial charge >= 0.3 is 7.82 Å². The van der Waals surface area contributed by atoms with E-state index in [1.54, 1.807) is 0 Å². The minimum Gasteiger partial charge on any atom is -0.479 e. The number of phosphoric acid groups is 1. The summed E-state index contributed by atoms with van der Waals surface area (Å²) in [5.74, 6) is 0.0153. The summed E-state index contributed by atoms with van der Waals surface area (Å²) in [7, 11) is -3.39. The van der Waals surface area contributed by atoms with E-state index in [4.69, 9.17) is 25.0 Å². The van der Waals surface area contributed by atoms with Gasteiger partial charge in [-0.05, 0) is 6.92 Å². The SMILES string of the molecule is COc1nc(N)nc2c1ncn2[C@@H]1O[C@H](COP(=O)(O)O)[C@@H](O)[C@@]1(C)O. The van der Waals surface area contributed by atoms with Gasteiger partial charge in [0.15, 0.2) is 17.4 Å². The molecule has 14 heteroatoms. The molecule has 1 saturated heterocycles. The van der Waals surface area contributed by atoms with Crippen molar-refractivity contribution in [1.29, 1.82) is 0 Å². The lowest BCUT2D eigenvalue weighted by Gasteiger charge is -2.27. The van der Waals surface area contributed by atoms with Crippen LogP contribution in [0.3, 0.4) is 0 Å². The van der Waals surface area contributed by atoms with Crippen LogP contribution in [0.25, 0.3) is 11.2 Å². The van der Waals surface area contributed by atoms with Crippen LogP contribution in [0.4, 0.5) is 5.95 Å². The molecular formula is C12H18N5O8P. The van der Waals surface area contributed by atoms with E-state index in [0.717, 1.165) is 0 Å². The molecule has 2 aromatic rings. The lowest BCUT2D eigenvalue weighted by Crippen LogP contribution is -2.44. The Hall–Kier alpha value is -1.86. The lowest BCUT2D eigenvalue weighted by molar-refractivity contribution is -0.0949. The molecule has 26 heavy (non-hydrogen) atoms. The van der Waals surface area contributed by atoms with Crippen LogP contribution in [-0.2, 0) is 13.8 Å². The molecule has 0 aromatic carbocycles. The zero-order chi connectivity index (χ0) is 19.3. The Labute approximate surface area is 146 Å². The number of hydrogen-bond acceptors (Lipinski definition) is 10. The van der Waals surface area contributed by atoms with Crippen molar-refractivity contribution in [2.45, 2.75) is 31.0 Å². The van der Waals surface area contributed by atoms with Crippen molar-refractivity contribution in [3.8, 4) is 5.88 Å². The number of nitrogens with two attached hydrogens (primary N) is 1. The van der Waals surface area contributed by atoms with Crippen LogP contribution < -0.4 is 10.5 Å². The Kier molecular flexibility index (Phi) is 4.65. The Morgan fingerprint density at radius 1 is 1.46 bits per heavy atom. The highest BCUT2D eigenvalue weighted by atomic mass is 31.2. The van der Waals surface area contributed by atoms with Crippen molar-refractivity contribution in [3.05, 3.63) is 6.33 Å². The maximum Gasteiger partial charge on any atom is 0.469 e. The van der Waals surface area contributed by atoms with Crippen LogP contribution in [0, 0.1) is 0 Å². The van der Waals surface area contributed by atoms with E-state index in [9.17, 15) is 14.8 Å². The van der Waals surface area contributed by atoms with E-state index in [1.807, 2.05) is 0 Å². The molecule has 144 valence electrons. The highest BCUT2D eigenvalue weighted by Crippen LogP contribution is 2.42. The fourth-order valence-electron chi connectivity index (χ4n) is 2.77. The quantitative estimate of drug-likeness (QED) is 0.372. The summed E-state index contributed by atoms with van der Waals surface area (Å²) in [6.45, 7) is 0.665. The van der Waals surface area contributed by atoms with E-state index in [2.05, 4.69) is 19.5 Å². The number of rotatable bonds is 5. The average molecular weight is 391 g/mol. The number of aliphatic hydroxyl groups excluding tert-OH is 1. The first-order chi connectivity index (χ1) is 12.0. The van der Waals surface area contributed by atoms with Gasteiger partial charge in [-0.1, -0.05) is 0 Å². The van der Waals surface area contributed by atoms with E-state index in [1.165, 1.54) is 24.9 Å². The van der Waals surface area contributed by atoms with Crippen LogP contribution in [0.1, 0.15) is 13.2 Å². The monoisotopic (exact) mass is 391 g/mol. The average Bonchev–Trinajstić information content (AvgIpc) is 3.04. The number of ether oxygens (including phenoxy) is 2. The predicted octanol–water partition coefficient (Wildman–Crippen LogP) is -1.46. The van der Waals surface area contributed by atoms with E-state index in [0.29, 0.717) is 0 Å². The molecule has 1 aliphatic rings. The molecule has 0 amide bonds. The minimum atomic E-state index is -4.77. The Morgan fingerprint density at radius 3 is 2.77 bits per heavy atom. The van der Waals surface area contributed by atoms with Gasteiger partial charge in [0.1, 0.15) is 17.8 Å². The molecule has 2 aromatic heterocycles. The number of aliphatic hydroxyl groups is 2. The van der Waals surface area contributed by atoms with Gasteiger partial charge in [0, 0.05) is 0 Å². The van der Waals surface area contributed by atoms with Crippen molar-refractivity contribution in [2.75, 3.05) is 19.5 Å². The molecule has 6 N–H and O–H groups in total. The summed E-state index contributed by atoms with van der Waals surface area (Å²) >= 11 is 0. The molecule has 4 atom stereocenters. The molecule has 0 radical (unpaired) electrons. The molecule has 3 rings (SSSR count). The highest BCUT2D eigenvalue weighted by Gasteiger charge is 2.54. The lowest BCUT2D eigenvalue weighted by atomic mass is 9.96. The number of fused-ring (bicyclic) bond motifs is 1. The van der Waals surface area contributed by atoms with Crippen molar-refractivity contribution < 1.29 is 38.6 Å². The molecule has 0 bridgehead atoms. The first kappa shape index (κ1) is 18.9. The van der Waals surface area contributed by atoms with Crippen molar-refractivity contribution in [3.63, 3.8) is 0 Å². The molecular weight excluding hydrogens is 373 g/mol. The number of methoxy groups -OCH3 is 1. The van der Waals surface area contributed by atoms with Crippen LogP contribution in [0.15, 0.2) is 6.33 Å². The standard InChI is InChI=1S/C12H18N5O8P/c1-12(19)7(18)5(3-24-26(20,21)22)25-10(12)17-4-14-6-8(17)15-11(13)16-9(6)23-2/h4-5,7,10,18-19H,3H2,1-2H3,(H2,13,15,16)(H2,20,21,22)/t5-,7-,10-,12-/m1/s1.